The lowest BCUT2D eigenvalue weighted by Gasteiger charge is -2.17. The monoisotopic (exact) mass is 442 g/mol. The standard InChI is InChI=1S/C28H30N2O3/c1-30-19-24(22-11-7-8-12-25(22)30)23(21-9-5-4-6-10-21)18-28(31)29-16-15-20-13-14-26(32-2)27(17-20)33-3/h4-14,17,19,23H,15-16,18H2,1-3H3,(H,29,31). The first-order chi connectivity index (χ1) is 16.1. The number of nitrogens with zero attached hydrogens (tertiary/aromatic N) is 1. The quantitative estimate of drug-likeness (QED) is 0.393. The second-order valence-electron chi connectivity index (χ2n) is 8.17. The van der Waals surface area contributed by atoms with Gasteiger partial charge in [-0.25, -0.2) is 0 Å². The van der Waals surface area contributed by atoms with E-state index in [9.17, 15) is 4.79 Å². The molecule has 5 nitrogen and oxygen atoms in total. The van der Waals surface area contributed by atoms with Crippen molar-refractivity contribution in [3.63, 3.8) is 0 Å². The maximum Gasteiger partial charge on any atom is 0.220 e. The summed E-state index contributed by atoms with van der Waals surface area (Å²) in [7, 11) is 5.30. The molecule has 0 aliphatic rings. The van der Waals surface area contributed by atoms with Gasteiger partial charge in [-0.1, -0.05) is 54.6 Å². The Labute approximate surface area is 195 Å². The number of aromatic nitrogens is 1. The molecule has 3 aromatic carbocycles. The number of aryl methyl sites for hydroxylation is 1. The van der Waals surface area contributed by atoms with Gasteiger partial charge in [0.25, 0.3) is 0 Å². The normalized spacial score (nSPS) is 11.8. The van der Waals surface area contributed by atoms with Gasteiger partial charge in [-0.15, -0.1) is 0 Å². The summed E-state index contributed by atoms with van der Waals surface area (Å²) in [5.41, 5.74) is 4.57. The molecule has 0 saturated heterocycles. The summed E-state index contributed by atoms with van der Waals surface area (Å²) in [4.78, 5) is 13.0. The highest BCUT2D eigenvalue weighted by molar-refractivity contribution is 5.86. The van der Waals surface area contributed by atoms with Gasteiger partial charge in [0.2, 0.25) is 5.91 Å². The maximum absolute atomic E-state index is 13.0. The van der Waals surface area contributed by atoms with Crippen LogP contribution in [0.25, 0.3) is 10.9 Å². The number of carbonyl (C=O) groups excluding carboxylic acids is 1. The number of amides is 1. The first kappa shape index (κ1) is 22.5. The Bertz CT molecular complexity index is 1230. The smallest absolute Gasteiger partial charge is 0.220 e. The molecule has 0 saturated carbocycles. The van der Waals surface area contributed by atoms with Crippen LogP contribution in [0.3, 0.4) is 0 Å². The number of ether oxygens (including phenoxy) is 2. The highest BCUT2D eigenvalue weighted by atomic mass is 16.5. The lowest BCUT2D eigenvalue weighted by Crippen LogP contribution is -2.27. The molecule has 5 heteroatoms. The molecule has 0 radical (unpaired) electrons. The first-order valence-electron chi connectivity index (χ1n) is 11.2. The van der Waals surface area contributed by atoms with E-state index >= 15 is 0 Å². The van der Waals surface area contributed by atoms with Crippen LogP contribution in [-0.4, -0.2) is 31.2 Å². The molecule has 0 spiro atoms. The summed E-state index contributed by atoms with van der Waals surface area (Å²) in [5, 5.41) is 4.29. The number of benzene rings is 3. The van der Waals surface area contributed by atoms with Crippen LogP contribution in [-0.2, 0) is 18.3 Å². The molecule has 170 valence electrons. The van der Waals surface area contributed by atoms with Crippen molar-refractivity contribution in [3.05, 3.63) is 95.7 Å². The average molecular weight is 443 g/mol. The number of methoxy groups -OCH3 is 2. The van der Waals surface area contributed by atoms with Gasteiger partial charge in [-0.2, -0.15) is 0 Å². The van der Waals surface area contributed by atoms with Gasteiger partial charge in [-0.3, -0.25) is 4.79 Å². The Morgan fingerprint density at radius 1 is 0.939 bits per heavy atom. The van der Waals surface area contributed by atoms with Crippen LogP contribution in [0.2, 0.25) is 0 Å². The molecule has 0 aliphatic heterocycles. The van der Waals surface area contributed by atoms with E-state index < -0.39 is 0 Å². The van der Waals surface area contributed by atoms with Gasteiger partial charge in [0.15, 0.2) is 11.5 Å². The van der Waals surface area contributed by atoms with E-state index in [2.05, 4.69) is 53.5 Å². The molecule has 1 unspecified atom stereocenters. The SMILES string of the molecule is COc1ccc(CCNC(=O)CC(c2ccccc2)c2cn(C)c3ccccc23)cc1OC. The van der Waals surface area contributed by atoms with E-state index in [-0.39, 0.29) is 11.8 Å². The van der Waals surface area contributed by atoms with Gasteiger partial charge < -0.3 is 19.4 Å². The molecular formula is C28H30N2O3. The second kappa shape index (κ2) is 10.3. The Morgan fingerprint density at radius 3 is 2.42 bits per heavy atom. The minimum atomic E-state index is -0.0154. The Balaban J connectivity index is 1.48. The van der Waals surface area contributed by atoms with Crippen LogP contribution >= 0.6 is 0 Å². The zero-order valence-electron chi connectivity index (χ0n) is 19.4. The zero-order valence-corrected chi connectivity index (χ0v) is 19.4. The predicted molar refractivity (Wildman–Crippen MR) is 132 cm³/mol. The zero-order chi connectivity index (χ0) is 23.2. The predicted octanol–water partition coefficient (Wildman–Crippen LogP) is 5.08. The third kappa shape index (κ3) is 5.03. The van der Waals surface area contributed by atoms with Gasteiger partial charge >= 0.3 is 0 Å². The lowest BCUT2D eigenvalue weighted by atomic mass is 9.88. The van der Waals surface area contributed by atoms with Crippen LogP contribution in [0.5, 0.6) is 11.5 Å². The molecule has 4 aromatic rings. The molecular weight excluding hydrogens is 412 g/mol. The summed E-state index contributed by atoms with van der Waals surface area (Å²) in [5.74, 6) is 1.42. The number of rotatable bonds is 9. The van der Waals surface area contributed by atoms with E-state index in [1.165, 1.54) is 16.5 Å². The molecule has 4 rings (SSSR count). The van der Waals surface area contributed by atoms with E-state index in [0.717, 1.165) is 17.5 Å². The Hall–Kier alpha value is -3.73. The van der Waals surface area contributed by atoms with Crippen molar-refractivity contribution in [1.82, 2.24) is 9.88 Å². The number of nitrogens with one attached hydrogen (secondary N) is 1. The van der Waals surface area contributed by atoms with E-state index in [0.29, 0.717) is 24.5 Å². The fraction of sp³-hybridized carbons (Fsp3) is 0.250. The molecule has 0 aliphatic carbocycles. The minimum Gasteiger partial charge on any atom is -0.493 e. The summed E-state index contributed by atoms with van der Waals surface area (Å²) in [6.45, 7) is 0.561. The summed E-state index contributed by atoms with van der Waals surface area (Å²) >= 11 is 0. The van der Waals surface area contributed by atoms with Crippen molar-refractivity contribution in [1.29, 1.82) is 0 Å². The van der Waals surface area contributed by atoms with Gasteiger partial charge in [0.1, 0.15) is 0 Å². The molecule has 1 atom stereocenters. The van der Waals surface area contributed by atoms with Crippen molar-refractivity contribution in [2.45, 2.75) is 18.8 Å². The second-order valence-corrected chi connectivity index (χ2v) is 8.17. The van der Waals surface area contributed by atoms with Crippen molar-refractivity contribution in [2.24, 2.45) is 7.05 Å². The average Bonchev–Trinajstić information content (AvgIpc) is 3.19. The van der Waals surface area contributed by atoms with Gasteiger partial charge in [-0.05, 0) is 41.3 Å². The van der Waals surface area contributed by atoms with Crippen LogP contribution in [0, 0.1) is 0 Å². The van der Waals surface area contributed by atoms with Gasteiger partial charge in [0, 0.05) is 43.0 Å². The van der Waals surface area contributed by atoms with Crippen LogP contribution in [0.4, 0.5) is 0 Å². The fourth-order valence-electron chi connectivity index (χ4n) is 4.38. The molecule has 1 N–H and O–H groups in total. The Kier molecular flexibility index (Phi) is 6.98. The van der Waals surface area contributed by atoms with Crippen molar-refractivity contribution in [3.8, 4) is 11.5 Å². The van der Waals surface area contributed by atoms with Crippen molar-refractivity contribution in [2.75, 3.05) is 20.8 Å². The maximum atomic E-state index is 13.0. The molecule has 1 aromatic heterocycles. The summed E-state index contributed by atoms with van der Waals surface area (Å²) in [6, 6.07) is 24.5. The molecule has 33 heavy (non-hydrogen) atoms. The molecule has 1 heterocycles. The molecule has 1 amide bonds. The number of carbonyl (C=O) groups is 1. The van der Waals surface area contributed by atoms with Crippen LogP contribution in [0.15, 0.2) is 79.0 Å². The number of para-hydroxylation sites is 1. The van der Waals surface area contributed by atoms with E-state index in [1.54, 1.807) is 14.2 Å². The first-order valence-corrected chi connectivity index (χ1v) is 11.2. The largest absolute Gasteiger partial charge is 0.493 e. The van der Waals surface area contributed by atoms with Crippen LogP contribution < -0.4 is 14.8 Å². The highest BCUT2D eigenvalue weighted by Gasteiger charge is 2.22. The van der Waals surface area contributed by atoms with E-state index in [4.69, 9.17) is 9.47 Å². The van der Waals surface area contributed by atoms with Gasteiger partial charge in [0.05, 0.1) is 14.2 Å². The number of hydrogen-bond acceptors (Lipinski definition) is 3. The third-order valence-corrected chi connectivity index (χ3v) is 6.08. The van der Waals surface area contributed by atoms with Crippen LogP contribution in [0.1, 0.15) is 29.0 Å². The fourth-order valence-corrected chi connectivity index (χ4v) is 4.38. The molecule has 0 bridgehead atoms. The topological polar surface area (TPSA) is 52.5 Å². The van der Waals surface area contributed by atoms with Crippen molar-refractivity contribution < 1.29 is 14.3 Å². The third-order valence-electron chi connectivity index (χ3n) is 6.08. The number of fused-ring (bicyclic) bond motifs is 1. The lowest BCUT2D eigenvalue weighted by molar-refractivity contribution is -0.121. The van der Waals surface area contributed by atoms with E-state index in [1.807, 2.05) is 42.5 Å². The number of hydrogen-bond donors (Lipinski definition) is 1. The highest BCUT2D eigenvalue weighted by Crippen LogP contribution is 2.34. The Morgan fingerprint density at radius 2 is 1.67 bits per heavy atom. The summed E-state index contributed by atoms with van der Waals surface area (Å²) in [6.07, 6.45) is 3.26. The van der Waals surface area contributed by atoms with Crippen molar-refractivity contribution >= 4 is 16.8 Å². The molecule has 0 fully saturated rings. The summed E-state index contributed by atoms with van der Waals surface area (Å²) < 4.78 is 12.8. The minimum absolute atomic E-state index is 0.0154.